The van der Waals surface area contributed by atoms with Gasteiger partial charge >= 0.3 is 6.09 Å². The highest BCUT2D eigenvalue weighted by Crippen LogP contribution is 2.08. The minimum absolute atomic E-state index is 0.0488. The van der Waals surface area contributed by atoms with Crippen molar-refractivity contribution in [1.29, 1.82) is 0 Å². The Bertz CT molecular complexity index is 350. The van der Waals surface area contributed by atoms with Crippen molar-refractivity contribution in [3.05, 3.63) is 30.3 Å². The third kappa shape index (κ3) is 3.64. The van der Waals surface area contributed by atoms with Crippen LogP contribution in [0.2, 0.25) is 0 Å². The smallest absolute Gasteiger partial charge is 0.412 e. The van der Waals surface area contributed by atoms with Gasteiger partial charge in [-0.25, -0.2) is 4.79 Å². The molecule has 0 aliphatic carbocycles. The molecule has 0 unspecified atom stereocenters. The van der Waals surface area contributed by atoms with Crippen LogP contribution in [0.4, 0.5) is 4.79 Å². The van der Waals surface area contributed by atoms with Gasteiger partial charge in [-0.1, -0.05) is 18.2 Å². The van der Waals surface area contributed by atoms with Crippen LogP contribution in [0.3, 0.4) is 0 Å². The Morgan fingerprint density at radius 1 is 1.24 bits per heavy atom. The first kappa shape index (κ1) is 11.7. The van der Waals surface area contributed by atoms with Gasteiger partial charge in [0.1, 0.15) is 5.75 Å². The fourth-order valence-electron chi connectivity index (χ4n) is 1.60. The summed E-state index contributed by atoms with van der Waals surface area (Å²) in [5, 5.41) is 3.17. The highest BCUT2D eigenvalue weighted by atomic mass is 16.7. The number of hydrogen-bond acceptors (Lipinski definition) is 4. The van der Waals surface area contributed by atoms with E-state index in [9.17, 15) is 4.79 Å². The van der Waals surface area contributed by atoms with Gasteiger partial charge in [-0.3, -0.25) is 0 Å². The number of benzene rings is 1. The zero-order valence-electron chi connectivity index (χ0n) is 9.59. The predicted octanol–water partition coefficient (Wildman–Crippen LogP) is 1.06. The maximum Gasteiger partial charge on any atom is 0.412 e. The lowest BCUT2D eigenvalue weighted by atomic mass is 10.3. The Morgan fingerprint density at radius 3 is 2.65 bits per heavy atom. The number of carbonyl (C=O) groups is 1. The average Bonchev–Trinajstić information content (AvgIpc) is 2.41. The molecule has 1 saturated heterocycles. The lowest BCUT2D eigenvalue weighted by Crippen LogP contribution is -2.46. The first-order valence-electron chi connectivity index (χ1n) is 5.66. The van der Waals surface area contributed by atoms with Crippen molar-refractivity contribution in [3.63, 3.8) is 0 Å². The van der Waals surface area contributed by atoms with Crippen molar-refractivity contribution in [2.24, 2.45) is 0 Å². The Hall–Kier alpha value is -1.75. The van der Waals surface area contributed by atoms with Gasteiger partial charge in [-0.2, -0.15) is 0 Å². The van der Waals surface area contributed by atoms with E-state index < -0.39 is 0 Å². The van der Waals surface area contributed by atoms with Gasteiger partial charge < -0.3 is 19.7 Å². The predicted molar refractivity (Wildman–Crippen MR) is 62.9 cm³/mol. The number of nitrogens with one attached hydrogen (secondary N) is 1. The van der Waals surface area contributed by atoms with Gasteiger partial charge in [0.2, 0.25) is 6.79 Å². The summed E-state index contributed by atoms with van der Waals surface area (Å²) in [6.45, 7) is 2.95. The molecule has 0 spiro atoms. The summed E-state index contributed by atoms with van der Waals surface area (Å²) in [7, 11) is 0. The van der Waals surface area contributed by atoms with E-state index in [1.165, 1.54) is 0 Å². The van der Waals surface area contributed by atoms with Crippen LogP contribution in [0.25, 0.3) is 0 Å². The van der Waals surface area contributed by atoms with Crippen molar-refractivity contribution >= 4 is 6.09 Å². The highest BCUT2D eigenvalue weighted by molar-refractivity contribution is 5.67. The van der Waals surface area contributed by atoms with Gasteiger partial charge in [-0.15, -0.1) is 0 Å². The summed E-state index contributed by atoms with van der Waals surface area (Å²) in [5.41, 5.74) is 0. The largest absolute Gasteiger partial charge is 0.457 e. The zero-order chi connectivity index (χ0) is 11.9. The van der Waals surface area contributed by atoms with Crippen LogP contribution >= 0.6 is 0 Å². The minimum atomic E-state index is -0.317. The van der Waals surface area contributed by atoms with Crippen LogP contribution in [-0.2, 0) is 4.74 Å². The molecular formula is C12H16N2O3. The number of rotatable bonds is 3. The molecule has 1 fully saturated rings. The Labute approximate surface area is 100 Å². The molecule has 0 bridgehead atoms. The molecule has 0 saturated carbocycles. The summed E-state index contributed by atoms with van der Waals surface area (Å²) >= 11 is 0. The second-order valence-corrected chi connectivity index (χ2v) is 3.72. The maximum atomic E-state index is 11.6. The topological polar surface area (TPSA) is 50.8 Å². The van der Waals surface area contributed by atoms with Gasteiger partial charge in [0.15, 0.2) is 0 Å². The fourth-order valence-corrected chi connectivity index (χ4v) is 1.60. The highest BCUT2D eigenvalue weighted by Gasteiger charge is 2.17. The van der Waals surface area contributed by atoms with E-state index in [2.05, 4.69) is 5.32 Å². The number of nitrogens with zero attached hydrogens (tertiary/aromatic N) is 1. The first-order valence-corrected chi connectivity index (χ1v) is 5.66. The Balaban J connectivity index is 1.69. The summed E-state index contributed by atoms with van der Waals surface area (Å²) in [6, 6.07) is 9.28. The molecule has 0 aromatic heterocycles. The number of amides is 1. The zero-order valence-corrected chi connectivity index (χ0v) is 9.59. The first-order chi connectivity index (χ1) is 8.36. The van der Waals surface area contributed by atoms with Crippen LogP contribution in [0, 0.1) is 0 Å². The van der Waals surface area contributed by atoms with E-state index in [-0.39, 0.29) is 12.9 Å². The second kappa shape index (κ2) is 6.10. The van der Waals surface area contributed by atoms with E-state index in [4.69, 9.17) is 9.47 Å². The molecule has 1 heterocycles. The van der Waals surface area contributed by atoms with E-state index >= 15 is 0 Å². The SMILES string of the molecule is O=C(OCOc1ccccc1)N1CCNCC1. The molecule has 1 aliphatic rings. The molecule has 0 atom stereocenters. The van der Waals surface area contributed by atoms with E-state index in [1.54, 1.807) is 4.90 Å². The monoisotopic (exact) mass is 236 g/mol. The van der Waals surface area contributed by atoms with Crippen LogP contribution in [0.1, 0.15) is 0 Å². The lowest BCUT2D eigenvalue weighted by Gasteiger charge is -2.26. The molecule has 17 heavy (non-hydrogen) atoms. The molecule has 1 aromatic carbocycles. The standard InChI is InChI=1S/C12H16N2O3/c15-12(14-8-6-13-7-9-14)17-10-16-11-4-2-1-3-5-11/h1-5,13H,6-10H2. The number of hydrogen-bond donors (Lipinski definition) is 1. The van der Waals surface area contributed by atoms with E-state index in [0.717, 1.165) is 13.1 Å². The molecule has 92 valence electrons. The van der Waals surface area contributed by atoms with E-state index in [1.807, 2.05) is 30.3 Å². The summed E-state index contributed by atoms with van der Waals surface area (Å²) in [6.07, 6.45) is -0.317. The van der Waals surface area contributed by atoms with Gasteiger partial charge in [0.05, 0.1) is 0 Å². The van der Waals surface area contributed by atoms with Gasteiger partial charge in [0.25, 0.3) is 0 Å². The second-order valence-electron chi connectivity index (χ2n) is 3.72. The Kier molecular flexibility index (Phi) is 4.21. The maximum absolute atomic E-state index is 11.6. The summed E-state index contributed by atoms with van der Waals surface area (Å²) < 4.78 is 10.3. The molecule has 2 rings (SSSR count). The minimum Gasteiger partial charge on any atom is -0.457 e. The molecule has 1 N–H and O–H groups in total. The molecule has 5 nitrogen and oxygen atoms in total. The van der Waals surface area contributed by atoms with Crippen LogP contribution < -0.4 is 10.1 Å². The van der Waals surface area contributed by atoms with Crippen LogP contribution in [0.5, 0.6) is 5.75 Å². The van der Waals surface area contributed by atoms with Crippen LogP contribution in [0.15, 0.2) is 30.3 Å². The quantitative estimate of drug-likeness (QED) is 0.797. The lowest BCUT2D eigenvalue weighted by molar-refractivity contribution is 0.0329. The normalized spacial score (nSPS) is 15.4. The summed E-state index contributed by atoms with van der Waals surface area (Å²) in [5.74, 6) is 0.695. The third-order valence-electron chi connectivity index (χ3n) is 2.53. The van der Waals surface area contributed by atoms with Crippen molar-refractivity contribution in [3.8, 4) is 5.75 Å². The Morgan fingerprint density at radius 2 is 1.94 bits per heavy atom. The van der Waals surface area contributed by atoms with Crippen molar-refractivity contribution in [2.45, 2.75) is 0 Å². The molecular weight excluding hydrogens is 220 g/mol. The third-order valence-corrected chi connectivity index (χ3v) is 2.53. The summed E-state index contributed by atoms with van der Waals surface area (Å²) in [4.78, 5) is 13.3. The number of piperazine rings is 1. The van der Waals surface area contributed by atoms with Crippen molar-refractivity contribution in [2.75, 3.05) is 33.0 Å². The number of para-hydroxylation sites is 1. The number of ether oxygens (including phenoxy) is 2. The molecule has 1 aromatic rings. The molecule has 1 aliphatic heterocycles. The van der Waals surface area contributed by atoms with Gasteiger partial charge in [-0.05, 0) is 12.1 Å². The average molecular weight is 236 g/mol. The van der Waals surface area contributed by atoms with Crippen LogP contribution in [-0.4, -0.2) is 44.0 Å². The fraction of sp³-hybridized carbons (Fsp3) is 0.417. The number of carbonyl (C=O) groups excluding carboxylic acids is 1. The van der Waals surface area contributed by atoms with Gasteiger partial charge in [0, 0.05) is 26.2 Å². The molecule has 1 amide bonds. The molecule has 5 heteroatoms. The van der Waals surface area contributed by atoms with E-state index in [0.29, 0.717) is 18.8 Å². The molecule has 0 radical (unpaired) electrons. The van der Waals surface area contributed by atoms with Crippen molar-refractivity contribution < 1.29 is 14.3 Å². The van der Waals surface area contributed by atoms with Crippen molar-refractivity contribution in [1.82, 2.24) is 10.2 Å².